The van der Waals surface area contributed by atoms with E-state index in [0.29, 0.717) is 18.8 Å². The number of aromatic amines is 1. The first kappa shape index (κ1) is 17.9. The third-order valence-electron chi connectivity index (χ3n) is 4.74. The first-order valence-corrected chi connectivity index (χ1v) is 9.06. The Morgan fingerprint density at radius 3 is 2.64 bits per heavy atom. The number of fused-ring (bicyclic) bond motifs is 1. The van der Waals surface area contributed by atoms with Crippen LogP contribution in [0.4, 0.5) is 9.18 Å². The maximum Gasteiger partial charge on any atom is 0.315 e. The van der Waals surface area contributed by atoms with Crippen LogP contribution in [0.1, 0.15) is 22.8 Å². The van der Waals surface area contributed by atoms with Gasteiger partial charge in [0.1, 0.15) is 11.6 Å². The Morgan fingerprint density at radius 1 is 1.04 bits per heavy atom. The van der Waals surface area contributed by atoms with Crippen LogP contribution in [0.2, 0.25) is 0 Å². The number of benzene rings is 2. The van der Waals surface area contributed by atoms with Crippen LogP contribution >= 0.6 is 0 Å². The number of urea groups is 1. The standard InChI is InChI=1S/C22H20FN3O2/c23-16-9-7-15(8-10-16)19(20-14-24-21-6-2-1-5-18(20)21)13-26-22(27)25-12-17-4-3-11-28-17/h1-11,14,19,24H,12-13H2,(H2,25,26,27)/t19-/m1/s1. The molecule has 0 spiro atoms. The molecular weight excluding hydrogens is 357 g/mol. The first-order valence-electron chi connectivity index (χ1n) is 9.06. The molecule has 0 aliphatic rings. The summed E-state index contributed by atoms with van der Waals surface area (Å²) >= 11 is 0. The van der Waals surface area contributed by atoms with Crippen LogP contribution in [0.15, 0.2) is 77.5 Å². The number of hydrogen-bond donors (Lipinski definition) is 3. The minimum Gasteiger partial charge on any atom is -0.467 e. The molecule has 0 saturated heterocycles. The lowest BCUT2D eigenvalue weighted by atomic mass is 9.91. The van der Waals surface area contributed by atoms with Crippen LogP contribution in [-0.4, -0.2) is 17.6 Å². The fraction of sp³-hybridized carbons (Fsp3) is 0.136. The molecule has 0 radical (unpaired) electrons. The van der Waals surface area contributed by atoms with E-state index in [-0.39, 0.29) is 17.8 Å². The predicted octanol–water partition coefficient (Wildman–Crippen LogP) is 4.53. The van der Waals surface area contributed by atoms with Gasteiger partial charge in [0, 0.05) is 29.6 Å². The normalized spacial score (nSPS) is 12.0. The van der Waals surface area contributed by atoms with Crippen molar-refractivity contribution in [1.29, 1.82) is 0 Å². The van der Waals surface area contributed by atoms with E-state index >= 15 is 0 Å². The molecule has 6 heteroatoms. The van der Waals surface area contributed by atoms with Crippen LogP contribution < -0.4 is 10.6 Å². The SMILES string of the molecule is O=C(NCc1ccco1)NC[C@H](c1ccc(F)cc1)c1c[nH]c2ccccc12. The summed E-state index contributed by atoms with van der Waals surface area (Å²) in [5.74, 6) is 0.276. The van der Waals surface area contributed by atoms with Crippen molar-refractivity contribution in [3.8, 4) is 0 Å². The molecule has 2 aromatic carbocycles. The van der Waals surface area contributed by atoms with E-state index in [1.54, 1.807) is 30.5 Å². The van der Waals surface area contributed by atoms with Gasteiger partial charge in [-0.3, -0.25) is 0 Å². The summed E-state index contributed by atoms with van der Waals surface area (Å²) in [7, 11) is 0. The molecular formula is C22H20FN3O2. The lowest BCUT2D eigenvalue weighted by Crippen LogP contribution is -2.37. The monoisotopic (exact) mass is 377 g/mol. The third kappa shape index (κ3) is 3.91. The Kier molecular flexibility index (Phi) is 5.10. The second-order valence-corrected chi connectivity index (χ2v) is 6.54. The van der Waals surface area contributed by atoms with Gasteiger partial charge in [-0.25, -0.2) is 9.18 Å². The number of furan rings is 1. The van der Waals surface area contributed by atoms with Gasteiger partial charge in [-0.15, -0.1) is 0 Å². The highest BCUT2D eigenvalue weighted by Gasteiger charge is 2.19. The lowest BCUT2D eigenvalue weighted by molar-refractivity contribution is 0.239. The zero-order valence-corrected chi connectivity index (χ0v) is 15.1. The summed E-state index contributed by atoms with van der Waals surface area (Å²) in [6.45, 7) is 0.685. The summed E-state index contributed by atoms with van der Waals surface area (Å²) in [5.41, 5.74) is 3.00. The van der Waals surface area contributed by atoms with Crippen molar-refractivity contribution in [3.63, 3.8) is 0 Å². The smallest absolute Gasteiger partial charge is 0.315 e. The molecule has 2 heterocycles. The summed E-state index contributed by atoms with van der Waals surface area (Å²) in [4.78, 5) is 15.5. The highest BCUT2D eigenvalue weighted by molar-refractivity contribution is 5.84. The minimum atomic E-state index is -0.289. The maximum atomic E-state index is 13.4. The number of rotatable bonds is 6. The van der Waals surface area contributed by atoms with Crippen LogP contribution in [0.5, 0.6) is 0 Å². The van der Waals surface area contributed by atoms with Crippen molar-refractivity contribution in [1.82, 2.24) is 15.6 Å². The lowest BCUT2D eigenvalue weighted by Gasteiger charge is -2.18. The molecule has 0 aliphatic heterocycles. The molecule has 2 aromatic heterocycles. The quantitative estimate of drug-likeness (QED) is 0.462. The molecule has 2 amide bonds. The Hall–Kier alpha value is -3.54. The number of H-pyrrole nitrogens is 1. The first-order chi connectivity index (χ1) is 13.7. The van der Waals surface area contributed by atoms with Gasteiger partial charge in [0.25, 0.3) is 0 Å². The zero-order chi connectivity index (χ0) is 19.3. The Labute approximate surface area is 161 Å². The van der Waals surface area contributed by atoms with E-state index in [9.17, 15) is 9.18 Å². The van der Waals surface area contributed by atoms with Gasteiger partial charge in [0.2, 0.25) is 0 Å². The van der Waals surface area contributed by atoms with Gasteiger partial charge in [0.05, 0.1) is 12.8 Å². The molecule has 0 fully saturated rings. The molecule has 0 saturated carbocycles. The molecule has 5 nitrogen and oxygen atoms in total. The second kappa shape index (κ2) is 8.00. The van der Waals surface area contributed by atoms with Crippen molar-refractivity contribution in [3.05, 3.63) is 95.8 Å². The number of carbonyl (C=O) groups is 1. The summed E-state index contributed by atoms with van der Waals surface area (Å²) in [6, 6.07) is 17.7. The summed E-state index contributed by atoms with van der Waals surface area (Å²) in [5, 5.41) is 6.76. The van der Waals surface area contributed by atoms with Crippen LogP contribution in [-0.2, 0) is 6.54 Å². The largest absolute Gasteiger partial charge is 0.467 e. The topological polar surface area (TPSA) is 70.1 Å². The van der Waals surface area contributed by atoms with Crippen molar-refractivity contribution >= 4 is 16.9 Å². The van der Waals surface area contributed by atoms with Crippen molar-refractivity contribution in [2.45, 2.75) is 12.5 Å². The number of halogens is 1. The average molecular weight is 377 g/mol. The van der Waals surface area contributed by atoms with E-state index in [1.807, 2.05) is 30.5 Å². The van der Waals surface area contributed by atoms with Crippen molar-refractivity contribution in [2.75, 3.05) is 6.54 Å². The van der Waals surface area contributed by atoms with Crippen molar-refractivity contribution in [2.24, 2.45) is 0 Å². The number of amides is 2. The number of nitrogens with one attached hydrogen (secondary N) is 3. The van der Waals surface area contributed by atoms with E-state index in [2.05, 4.69) is 15.6 Å². The number of para-hydroxylation sites is 1. The van der Waals surface area contributed by atoms with Crippen LogP contribution in [0, 0.1) is 5.82 Å². The van der Waals surface area contributed by atoms with Gasteiger partial charge >= 0.3 is 6.03 Å². The van der Waals surface area contributed by atoms with E-state index in [0.717, 1.165) is 22.0 Å². The highest BCUT2D eigenvalue weighted by atomic mass is 19.1. The molecule has 4 aromatic rings. The van der Waals surface area contributed by atoms with Gasteiger partial charge in [-0.1, -0.05) is 30.3 Å². The van der Waals surface area contributed by atoms with Gasteiger partial charge < -0.3 is 20.0 Å². The Balaban J connectivity index is 1.53. The fourth-order valence-electron chi connectivity index (χ4n) is 3.32. The molecule has 1 atom stereocenters. The van der Waals surface area contributed by atoms with Crippen LogP contribution in [0.25, 0.3) is 10.9 Å². The Bertz CT molecular complexity index is 1060. The molecule has 28 heavy (non-hydrogen) atoms. The average Bonchev–Trinajstić information content (AvgIpc) is 3.38. The molecule has 0 bridgehead atoms. The van der Waals surface area contributed by atoms with Gasteiger partial charge in [-0.05, 0) is 41.5 Å². The molecule has 3 N–H and O–H groups in total. The van der Waals surface area contributed by atoms with Crippen molar-refractivity contribution < 1.29 is 13.6 Å². The Morgan fingerprint density at radius 2 is 1.86 bits per heavy atom. The predicted molar refractivity (Wildman–Crippen MR) is 105 cm³/mol. The second-order valence-electron chi connectivity index (χ2n) is 6.54. The number of hydrogen-bond acceptors (Lipinski definition) is 2. The van der Waals surface area contributed by atoms with Gasteiger partial charge in [0.15, 0.2) is 0 Å². The highest BCUT2D eigenvalue weighted by Crippen LogP contribution is 2.30. The number of aromatic nitrogens is 1. The fourth-order valence-corrected chi connectivity index (χ4v) is 3.32. The third-order valence-corrected chi connectivity index (χ3v) is 4.74. The molecule has 0 unspecified atom stereocenters. The van der Waals surface area contributed by atoms with Crippen LogP contribution in [0.3, 0.4) is 0 Å². The summed E-state index contributed by atoms with van der Waals surface area (Å²) in [6.07, 6.45) is 3.51. The van der Waals surface area contributed by atoms with E-state index in [4.69, 9.17) is 4.42 Å². The maximum absolute atomic E-state index is 13.4. The van der Waals surface area contributed by atoms with Gasteiger partial charge in [-0.2, -0.15) is 0 Å². The zero-order valence-electron chi connectivity index (χ0n) is 15.1. The minimum absolute atomic E-state index is 0.119. The molecule has 4 rings (SSSR count). The summed E-state index contributed by atoms with van der Waals surface area (Å²) < 4.78 is 18.6. The molecule has 0 aliphatic carbocycles. The van der Waals surface area contributed by atoms with E-state index < -0.39 is 0 Å². The number of carbonyl (C=O) groups excluding carboxylic acids is 1. The van der Waals surface area contributed by atoms with E-state index in [1.165, 1.54) is 12.1 Å². The molecule has 142 valence electrons.